The van der Waals surface area contributed by atoms with Crippen LogP contribution in [0.1, 0.15) is 5.56 Å². The number of aliphatic hydroxyl groups is 1. The van der Waals surface area contributed by atoms with Crippen LogP contribution in [0.15, 0.2) is 60.8 Å². The fourth-order valence-corrected chi connectivity index (χ4v) is 2.63. The third-order valence-electron chi connectivity index (χ3n) is 3.79. The molecule has 0 fully saturated rings. The number of benzene rings is 2. The second-order valence-corrected chi connectivity index (χ2v) is 5.96. The number of para-hydroxylation sites is 1. The molecule has 1 amide bonds. The molecule has 7 nitrogen and oxygen atoms in total. The van der Waals surface area contributed by atoms with E-state index in [4.69, 9.17) is 26.3 Å². The molecule has 2 aromatic carbocycles. The smallest absolute Gasteiger partial charge is 0.276 e. The first-order valence-electron chi connectivity index (χ1n) is 8.12. The Morgan fingerprint density at radius 1 is 1.19 bits per heavy atom. The van der Waals surface area contributed by atoms with Crippen LogP contribution in [-0.2, 0) is 16.2 Å². The molecule has 3 rings (SSSR count). The average Bonchev–Trinajstić information content (AvgIpc) is 3.17. The lowest BCUT2D eigenvalue weighted by atomic mass is 10.2. The van der Waals surface area contributed by atoms with E-state index < -0.39 is 12.5 Å². The number of hydrogen-bond acceptors (Lipinski definition) is 5. The zero-order valence-corrected chi connectivity index (χ0v) is 15.3. The molecule has 0 aliphatic carbocycles. The van der Waals surface area contributed by atoms with Gasteiger partial charge in [-0.25, -0.2) is 4.68 Å². The Hall–Kier alpha value is -2.87. The molecule has 0 atom stereocenters. The Morgan fingerprint density at radius 2 is 1.93 bits per heavy atom. The van der Waals surface area contributed by atoms with E-state index in [0.717, 1.165) is 10.8 Å². The number of carbonyl (C=O) groups is 1. The molecule has 140 valence electrons. The second kappa shape index (κ2) is 8.68. The molecule has 0 radical (unpaired) electrons. The summed E-state index contributed by atoms with van der Waals surface area (Å²) in [7, 11) is 1.36. The normalized spacial score (nSPS) is 10.6. The summed E-state index contributed by atoms with van der Waals surface area (Å²) in [6.07, 6.45) is 1.78. The van der Waals surface area contributed by atoms with Crippen LogP contribution in [0.25, 0.3) is 5.69 Å². The molecule has 0 aliphatic rings. The number of carbonyl (C=O) groups excluding carboxylic acids is 1. The second-order valence-electron chi connectivity index (χ2n) is 5.52. The minimum atomic E-state index is -0.658. The largest absolute Gasteiger partial charge is 0.472 e. The van der Waals surface area contributed by atoms with Gasteiger partial charge in [-0.1, -0.05) is 29.8 Å². The molecule has 1 aromatic heterocycles. The van der Waals surface area contributed by atoms with Gasteiger partial charge in [0.1, 0.15) is 13.2 Å². The standard InChI is InChI=1S/C19H18ClN3O4/c1-26-23(19(25)12-24)17-5-3-2-4-14(17)13-27-18-10-11-22(21-18)16-8-6-15(20)7-9-16/h2-11,24H,12-13H2,1H3. The van der Waals surface area contributed by atoms with E-state index in [-0.39, 0.29) is 6.61 Å². The van der Waals surface area contributed by atoms with E-state index in [2.05, 4.69) is 5.10 Å². The molecule has 0 saturated heterocycles. The fourth-order valence-electron chi connectivity index (χ4n) is 2.50. The van der Waals surface area contributed by atoms with Crippen LogP contribution in [0.2, 0.25) is 5.02 Å². The van der Waals surface area contributed by atoms with Gasteiger partial charge in [0.2, 0.25) is 5.88 Å². The van der Waals surface area contributed by atoms with Crippen molar-refractivity contribution >= 4 is 23.2 Å². The number of amides is 1. The number of nitrogens with zero attached hydrogens (tertiary/aromatic N) is 3. The Bertz CT molecular complexity index is 911. The molecular formula is C19H18ClN3O4. The first-order chi connectivity index (χ1) is 13.1. The molecule has 0 spiro atoms. The topological polar surface area (TPSA) is 76.8 Å². The van der Waals surface area contributed by atoms with Crippen molar-refractivity contribution in [2.75, 3.05) is 18.8 Å². The predicted molar refractivity (Wildman–Crippen MR) is 101 cm³/mol. The van der Waals surface area contributed by atoms with Crippen LogP contribution in [0.4, 0.5) is 5.69 Å². The highest BCUT2D eigenvalue weighted by atomic mass is 35.5. The van der Waals surface area contributed by atoms with Crippen molar-refractivity contribution in [2.24, 2.45) is 0 Å². The maximum Gasteiger partial charge on any atom is 0.276 e. The summed E-state index contributed by atoms with van der Waals surface area (Å²) in [5.41, 5.74) is 2.06. The fraction of sp³-hybridized carbons (Fsp3) is 0.158. The predicted octanol–water partition coefficient (Wildman–Crippen LogP) is 2.99. The minimum absolute atomic E-state index is 0.173. The SMILES string of the molecule is CON(C(=O)CO)c1ccccc1COc1ccn(-c2ccc(Cl)cc2)n1. The maximum atomic E-state index is 11.8. The molecule has 8 heteroatoms. The molecule has 0 bridgehead atoms. The number of hydrogen-bond donors (Lipinski definition) is 1. The molecular weight excluding hydrogens is 370 g/mol. The Kier molecular flexibility index (Phi) is 6.08. The highest BCUT2D eigenvalue weighted by molar-refractivity contribution is 6.30. The van der Waals surface area contributed by atoms with Gasteiger partial charge in [-0.3, -0.25) is 9.63 Å². The van der Waals surface area contributed by atoms with Gasteiger partial charge in [-0.15, -0.1) is 5.10 Å². The highest BCUT2D eigenvalue weighted by Crippen LogP contribution is 2.23. The maximum absolute atomic E-state index is 11.8. The van der Waals surface area contributed by atoms with Crippen LogP contribution in [0, 0.1) is 0 Å². The average molecular weight is 388 g/mol. The summed E-state index contributed by atoms with van der Waals surface area (Å²) >= 11 is 5.90. The molecule has 0 aliphatic heterocycles. The monoisotopic (exact) mass is 387 g/mol. The Labute approximate surface area is 161 Å². The third-order valence-corrected chi connectivity index (χ3v) is 4.04. The van der Waals surface area contributed by atoms with E-state index >= 15 is 0 Å². The number of aliphatic hydroxyl groups excluding tert-OH is 1. The van der Waals surface area contributed by atoms with Crippen molar-refractivity contribution in [1.82, 2.24) is 9.78 Å². The van der Waals surface area contributed by atoms with Crippen LogP contribution in [0.3, 0.4) is 0 Å². The van der Waals surface area contributed by atoms with Crippen molar-refractivity contribution in [2.45, 2.75) is 6.61 Å². The summed E-state index contributed by atoms with van der Waals surface area (Å²) in [5, 5.41) is 15.2. The number of anilines is 1. The number of rotatable bonds is 7. The van der Waals surface area contributed by atoms with Gasteiger partial charge in [-0.2, -0.15) is 5.06 Å². The molecule has 27 heavy (non-hydrogen) atoms. The van der Waals surface area contributed by atoms with E-state index in [9.17, 15) is 4.79 Å². The zero-order valence-electron chi connectivity index (χ0n) is 14.6. The van der Waals surface area contributed by atoms with Gasteiger partial charge in [0.15, 0.2) is 0 Å². The van der Waals surface area contributed by atoms with E-state index in [1.807, 2.05) is 24.3 Å². The van der Waals surface area contributed by atoms with Gasteiger partial charge < -0.3 is 9.84 Å². The molecule has 1 heterocycles. The highest BCUT2D eigenvalue weighted by Gasteiger charge is 2.18. The lowest BCUT2D eigenvalue weighted by Gasteiger charge is -2.21. The van der Waals surface area contributed by atoms with Gasteiger partial charge in [-0.05, 0) is 30.3 Å². The van der Waals surface area contributed by atoms with Crippen molar-refractivity contribution in [3.63, 3.8) is 0 Å². The van der Waals surface area contributed by atoms with Gasteiger partial charge in [0, 0.05) is 22.8 Å². The van der Waals surface area contributed by atoms with Crippen molar-refractivity contribution in [3.05, 3.63) is 71.4 Å². The van der Waals surface area contributed by atoms with Crippen molar-refractivity contribution in [1.29, 1.82) is 0 Å². The van der Waals surface area contributed by atoms with Crippen LogP contribution >= 0.6 is 11.6 Å². The van der Waals surface area contributed by atoms with E-state index in [0.29, 0.717) is 22.2 Å². The summed E-state index contributed by atoms with van der Waals surface area (Å²) < 4.78 is 7.43. The molecule has 0 saturated carbocycles. The summed E-state index contributed by atoms with van der Waals surface area (Å²) in [6, 6.07) is 16.1. The van der Waals surface area contributed by atoms with E-state index in [1.54, 1.807) is 41.2 Å². The third kappa shape index (κ3) is 4.46. The summed E-state index contributed by atoms with van der Waals surface area (Å²) in [6.45, 7) is -0.485. The zero-order chi connectivity index (χ0) is 19.2. The number of ether oxygens (including phenoxy) is 1. The van der Waals surface area contributed by atoms with Crippen molar-refractivity contribution in [3.8, 4) is 11.6 Å². The quantitative estimate of drug-likeness (QED) is 0.631. The lowest BCUT2D eigenvalue weighted by molar-refractivity contribution is -0.127. The van der Waals surface area contributed by atoms with Gasteiger partial charge >= 0.3 is 0 Å². The first kappa shape index (κ1) is 18.9. The first-order valence-corrected chi connectivity index (χ1v) is 8.50. The van der Waals surface area contributed by atoms with Crippen LogP contribution in [-0.4, -0.2) is 34.5 Å². The van der Waals surface area contributed by atoms with Crippen LogP contribution in [0.5, 0.6) is 5.88 Å². The summed E-state index contributed by atoms with van der Waals surface area (Å²) in [4.78, 5) is 16.9. The number of hydroxylamine groups is 1. The Morgan fingerprint density at radius 3 is 2.63 bits per heavy atom. The number of aromatic nitrogens is 2. The molecule has 3 aromatic rings. The molecule has 1 N–H and O–H groups in total. The summed E-state index contributed by atoms with van der Waals surface area (Å²) in [5.74, 6) is -0.144. The Balaban J connectivity index is 1.74. The van der Waals surface area contributed by atoms with Gasteiger partial charge in [0.25, 0.3) is 5.91 Å². The van der Waals surface area contributed by atoms with Gasteiger partial charge in [0.05, 0.1) is 18.5 Å². The minimum Gasteiger partial charge on any atom is -0.472 e. The van der Waals surface area contributed by atoms with Crippen molar-refractivity contribution < 1.29 is 19.5 Å². The van der Waals surface area contributed by atoms with Crippen LogP contribution < -0.4 is 9.80 Å². The number of halogens is 1. The van der Waals surface area contributed by atoms with E-state index in [1.165, 1.54) is 7.11 Å². The lowest BCUT2D eigenvalue weighted by Crippen LogP contribution is -2.33. The molecule has 0 unspecified atom stereocenters.